The molecule has 8 nitrogen and oxygen atoms in total. The molecule has 1 aliphatic rings. The average molecular weight is 204 g/mol. The Bertz CT molecular complexity index is 481. The molecule has 1 heterocycles. The molecule has 0 radical (unpaired) electrons. The normalized spacial score (nSPS) is 15.5. The van der Waals surface area contributed by atoms with Crippen molar-refractivity contribution in [1.82, 2.24) is 0 Å². The van der Waals surface area contributed by atoms with Crippen LogP contribution in [0.2, 0.25) is 0 Å². The zero-order valence-corrected chi connectivity index (χ0v) is 7.31. The van der Waals surface area contributed by atoms with E-state index in [-0.39, 0.29) is 5.69 Å². The van der Waals surface area contributed by atoms with Crippen molar-refractivity contribution in [1.29, 1.82) is 0 Å². The quantitative estimate of drug-likeness (QED) is 0.247. The Morgan fingerprint density at radius 1 is 1.40 bits per heavy atom. The van der Waals surface area contributed by atoms with Crippen molar-refractivity contribution < 1.29 is 4.92 Å². The molecule has 2 rings (SSSR count). The van der Waals surface area contributed by atoms with Crippen molar-refractivity contribution in [2.75, 3.05) is 0 Å². The lowest BCUT2D eigenvalue weighted by molar-refractivity contribution is -0.384. The number of rotatable bonds is 3. The lowest BCUT2D eigenvalue weighted by Gasteiger charge is -2.01. The summed E-state index contributed by atoms with van der Waals surface area (Å²) in [6.07, 6.45) is 0. The molecule has 0 atom stereocenters. The van der Waals surface area contributed by atoms with Crippen LogP contribution < -0.4 is 0 Å². The molecular formula is C7H4N6O2. The highest BCUT2D eigenvalue weighted by atomic mass is 16.6. The third-order valence-electron chi connectivity index (χ3n) is 1.94. The van der Waals surface area contributed by atoms with E-state index in [9.17, 15) is 10.1 Å². The average Bonchev–Trinajstić information content (AvgIpc) is 3.00. The van der Waals surface area contributed by atoms with Gasteiger partial charge in [-0.05, 0) is 22.8 Å². The molecule has 74 valence electrons. The van der Waals surface area contributed by atoms with Gasteiger partial charge in [-0.2, -0.15) is 0 Å². The summed E-state index contributed by atoms with van der Waals surface area (Å²) in [4.78, 5) is 12.5. The zero-order valence-electron chi connectivity index (χ0n) is 7.31. The predicted octanol–water partition coefficient (Wildman–Crippen LogP) is 2.48. The second kappa shape index (κ2) is 3.03. The van der Waals surface area contributed by atoms with E-state index in [0.717, 1.165) is 0 Å². The first-order valence-electron chi connectivity index (χ1n) is 3.93. The van der Waals surface area contributed by atoms with Crippen LogP contribution in [0, 0.1) is 10.1 Å². The van der Waals surface area contributed by atoms with Crippen LogP contribution in [0.5, 0.6) is 0 Å². The van der Waals surface area contributed by atoms with Crippen molar-refractivity contribution in [3.63, 3.8) is 0 Å². The molecule has 0 saturated heterocycles. The van der Waals surface area contributed by atoms with Crippen LogP contribution in [0.4, 0.5) is 5.69 Å². The van der Waals surface area contributed by atoms with E-state index >= 15 is 0 Å². The molecule has 1 aliphatic heterocycles. The summed E-state index contributed by atoms with van der Waals surface area (Å²) in [5.74, 6) is -1.19. The second-order valence-corrected chi connectivity index (χ2v) is 2.83. The van der Waals surface area contributed by atoms with Gasteiger partial charge in [-0.25, -0.2) is 0 Å². The molecule has 0 N–H and O–H groups in total. The Morgan fingerprint density at radius 2 is 2.00 bits per heavy atom. The molecule has 0 fully saturated rings. The third-order valence-corrected chi connectivity index (χ3v) is 1.94. The Hall–Kier alpha value is -2.47. The SMILES string of the molecule is [N-]=[N+]=NC1(c2ccc([N+](=O)[O-])cc2)N=N1. The molecule has 0 saturated carbocycles. The Balaban J connectivity index is 2.32. The Morgan fingerprint density at radius 3 is 2.40 bits per heavy atom. The van der Waals surface area contributed by atoms with E-state index in [2.05, 4.69) is 20.3 Å². The lowest BCUT2D eigenvalue weighted by Crippen LogP contribution is -2.03. The van der Waals surface area contributed by atoms with Gasteiger partial charge in [-0.15, -0.1) is 10.2 Å². The maximum Gasteiger partial charge on any atom is 0.293 e. The molecule has 0 aliphatic carbocycles. The smallest absolute Gasteiger partial charge is 0.258 e. The van der Waals surface area contributed by atoms with Gasteiger partial charge in [0.15, 0.2) is 0 Å². The van der Waals surface area contributed by atoms with Gasteiger partial charge in [0.05, 0.1) is 4.92 Å². The molecule has 15 heavy (non-hydrogen) atoms. The van der Waals surface area contributed by atoms with E-state index in [4.69, 9.17) is 5.53 Å². The number of nitro groups is 1. The molecule has 0 bridgehead atoms. The van der Waals surface area contributed by atoms with Gasteiger partial charge in [-0.3, -0.25) is 10.1 Å². The third kappa shape index (κ3) is 1.49. The standard InChI is InChI=1S/C7H4N6O2/c8-12-11-7(9-10-7)5-1-3-6(4-2-5)13(14)15/h1-4H. The van der Waals surface area contributed by atoms with Crippen LogP contribution >= 0.6 is 0 Å². The van der Waals surface area contributed by atoms with Crippen LogP contribution in [-0.2, 0) is 5.79 Å². The molecule has 0 amide bonds. The van der Waals surface area contributed by atoms with E-state index in [1.165, 1.54) is 24.3 Å². The molecule has 8 heteroatoms. The van der Waals surface area contributed by atoms with Gasteiger partial charge in [0.2, 0.25) is 0 Å². The van der Waals surface area contributed by atoms with Crippen LogP contribution in [-0.4, -0.2) is 4.92 Å². The second-order valence-electron chi connectivity index (χ2n) is 2.83. The van der Waals surface area contributed by atoms with Gasteiger partial charge < -0.3 is 0 Å². The number of nitrogens with zero attached hydrogens (tertiary/aromatic N) is 6. The summed E-state index contributed by atoms with van der Waals surface area (Å²) >= 11 is 0. The zero-order chi connectivity index (χ0) is 10.9. The van der Waals surface area contributed by atoms with Gasteiger partial charge in [-0.1, -0.05) is 0 Å². The summed E-state index contributed by atoms with van der Waals surface area (Å²) in [5, 5.41) is 21.0. The molecule has 0 spiro atoms. The molecule has 1 aromatic rings. The predicted molar refractivity (Wildman–Crippen MR) is 48.8 cm³/mol. The van der Waals surface area contributed by atoms with Crippen LogP contribution in [0.1, 0.15) is 5.56 Å². The first kappa shape index (κ1) is 9.10. The van der Waals surface area contributed by atoms with Gasteiger partial charge in [0.25, 0.3) is 11.5 Å². The summed E-state index contributed by atoms with van der Waals surface area (Å²) in [7, 11) is 0. The minimum Gasteiger partial charge on any atom is -0.258 e. The number of hydrogen-bond donors (Lipinski definition) is 0. The van der Waals surface area contributed by atoms with E-state index in [1.54, 1.807) is 0 Å². The van der Waals surface area contributed by atoms with Crippen LogP contribution in [0.25, 0.3) is 10.4 Å². The highest BCUT2D eigenvalue weighted by Gasteiger charge is 2.41. The van der Waals surface area contributed by atoms with Crippen molar-refractivity contribution in [2.24, 2.45) is 15.3 Å². The number of hydrogen-bond acceptors (Lipinski definition) is 5. The molecular weight excluding hydrogens is 200 g/mol. The first-order chi connectivity index (χ1) is 7.18. The van der Waals surface area contributed by atoms with Gasteiger partial charge in [0.1, 0.15) is 0 Å². The van der Waals surface area contributed by atoms with Crippen molar-refractivity contribution in [3.05, 3.63) is 50.4 Å². The minimum absolute atomic E-state index is 0.0320. The van der Waals surface area contributed by atoms with E-state index in [1.807, 2.05) is 0 Å². The maximum absolute atomic E-state index is 10.4. The first-order valence-corrected chi connectivity index (χ1v) is 3.93. The van der Waals surface area contributed by atoms with Crippen molar-refractivity contribution in [2.45, 2.75) is 5.79 Å². The van der Waals surface area contributed by atoms with Crippen LogP contribution in [0.15, 0.2) is 39.6 Å². The fourth-order valence-corrected chi connectivity index (χ4v) is 1.13. The van der Waals surface area contributed by atoms with E-state index < -0.39 is 10.7 Å². The number of nitro benzene ring substituents is 1. The van der Waals surface area contributed by atoms with E-state index in [0.29, 0.717) is 5.56 Å². The molecule has 0 aromatic heterocycles. The fraction of sp³-hybridized carbons (Fsp3) is 0.143. The Labute approximate surface area is 83.0 Å². The maximum atomic E-state index is 10.4. The topological polar surface area (TPSA) is 117 Å². The number of non-ortho nitro benzene ring substituents is 1. The van der Waals surface area contributed by atoms with Crippen molar-refractivity contribution >= 4 is 5.69 Å². The Kier molecular flexibility index (Phi) is 1.84. The van der Waals surface area contributed by atoms with Crippen molar-refractivity contribution in [3.8, 4) is 0 Å². The highest BCUT2D eigenvalue weighted by molar-refractivity contribution is 5.37. The van der Waals surface area contributed by atoms with Gasteiger partial charge in [0, 0.05) is 22.6 Å². The van der Waals surface area contributed by atoms with Crippen LogP contribution in [0.3, 0.4) is 0 Å². The summed E-state index contributed by atoms with van der Waals surface area (Å²) in [6.45, 7) is 0. The lowest BCUT2D eigenvalue weighted by atomic mass is 10.1. The number of azide groups is 1. The summed E-state index contributed by atoms with van der Waals surface area (Å²) in [5.41, 5.74) is 8.76. The highest BCUT2D eigenvalue weighted by Crippen LogP contribution is 2.41. The monoisotopic (exact) mass is 204 g/mol. The fourth-order valence-electron chi connectivity index (χ4n) is 1.13. The molecule has 0 unspecified atom stereocenters. The van der Waals surface area contributed by atoms with Gasteiger partial charge >= 0.3 is 0 Å². The minimum atomic E-state index is -1.19. The number of benzene rings is 1. The molecule has 1 aromatic carbocycles. The summed E-state index contributed by atoms with van der Waals surface area (Å²) < 4.78 is 0. The summed E-state index contributed by atoms with van der Waals surface area (Å²) in [6, 6.07) is 5.56. The largest absolute Gasteiger partial charge is 0.293 e.